The molecular formula is C17H19N5O13P3-3. The minimum Gasteiger partial charge on any atom is -0.756 e. The second kappa shape index (κ2) is 11.2. The van der Waals surface area contributed by atoms with Crippen LogP contribution in [-0.4, -0.2) is 54.7 Å². The van der Waals surface area contributed by atoms with Crippen molar-refractivity contribution >= 4 is 40.4 Å². The molecule has 0 saturated carbocycles. The zero-order valence-corrected chi connectivity index (χ0v) is 21.5. The maximum absolute atomic E-state index is 12.0. The van der Waals surface area contributed by atoms with Gasteiger partial charge in [0.2, 0.25) is 0 Å². The van der Waals surface area contributed by atoms with Gasteiger partial charge in [-0.05, 0) is 5.56 Å². The molecule has 1 saturated heterocycles. The van der Waals surface area contributed by atoms with Crippen molar-refractivity contribution in [1.82, 2.24) is 19.5 Å². The molecule has 0 bridgehead atoms. The van der Waals surface area contributed by atoms with Crippen LogP contribution >= 0.6 is 23.5 Å². The number of hydrogen-bond donors (Lipinski definition) is 3. The van der Waals surface area contributed by atoms with Crippen molar-refractivity contribution < 1.29 is 61.0 Å². The SMILES string of the molecule is Nc1ncnc2c1ncn2[C@@H]1O[C@H](COP(=O)([O-])OP(=O)([O-])OP(=O)([O-])OCc2ccccc2)C(O)[C@@H]1O. The first-order valence-electron chi connectivity index (χ1n) is 10.4. The highest BCUT2D eigenvalue weighted by Gasteiger charge is 2.45. The van der Waals surface area contributed by atoms with E-state index in [1.807, 2.05) is 0 Å². The van der Waals surface area contributed by atoms with E-state index in [-0.39, 0.29) is 17.0 Å². The number of aliphatic hydroxyl groups excluding tert-OH is 2. The van der Waals surface area contributed by atoms with Crippen molar-refractivity contribution in [2.45, 2.75) is 31.1 Å². The summed E-state index contributed by atoms with van der Waals surface area (Å²) in [6.45, 7) is -1.64. The van der Waals surface area contributed by atoms with E-state index in [1.54, 1.807) is 18.2 Å². The van der Waals surface area contributed by atoms with Gasteiger partial charge in [-0.2, -0.15) is 0 Å². The molecule has 1 aliphatic heterocycles. The average molecular weight is 594 g/mol. The first kappa shape index (κ1) is 28.9. The highest BCUT2D eigenvalue weighted by molar-refractivity contribution is 7.65. The molecule has 0 amide bonds. The molecule has 1 fully saturated rings. The molecule has 0 radical (unpaired) electrons. The predicted molar refractivity (Wildman–Crippen MR) is 118 cm³/mol. The third-order valence-corrected chi connectivity index (χ3v) is 9.14. The summed E-state index contributed by atoms with van der Waals surface area (Å²) in [5, 5.41) is 20.7. The Labute approximate surface area is 213 Å². The van der Waals surface area contributed by atoms with E-state index in [4.69, 9.17) is 10.5 Å². The number of nitrogens with two attached hydrogens (primary N) is 1. The van der Waals surface area contributed by atoms with Crippen molar-refractivity contribution in [3.8, 4) is 0 Å². The second-order valence-corrected chi connectivity index (χ2v) is 12.2. The zero-order valence-electron chi connectivity index (χ0n) is 18.9. The van der Waals surface area contributed by atoms with Gasteiger partial charge in [0.15, 0.2) is 17.7 Å². The summed E-state index contributed by atoms with van der Waals surface area (Å²) in [6.07, 6.45) is -3.90. The van der Waals surface area contributed by atoms with E-state index in [9.17, 15) is 38.6 Å². The topological polar surface area (TPSA) is 277 Å². The molecule has 38 heavy (non-hydrogen) atoms. The highest BCUT2D eigenvalue weighted by Crippen LogP contribution is 2.63. The van der Waals surface area contributed by atoms with Gasteiger partial charge in [-0.3, -0.25) is 18.3 Å². The lowest BCUT2D eigenvalue weighted by atomic mass is 10.1. The molecule has 0 aliphatic carbocycles. The van der Waals surface area contributed by atoms with Gasteiger partial charge >= 0.3 is 0 Å². The molecule has 1 aromatic carbocycles. The fourth-order valence-corrected chi connectivity index (χ4v) is 6.71. The van der Waals surface area contributed by atoms with Crippen LogP contribution in [-0.2, 0) is 42.7 Å². The number of phosphoric ester groups is 2. The normalized spacial score (nSPS) is 26.6. The van der Waals surface area contributed by atoms with Crippen molar-refractivity contribution in [3.05, 3.63) is 48.5 Å². The maximum Gasteiger partial charge on any atom is 0.280 e. The highest BCUT2D eigenvalue weighted by atomic mass is 31.3. The summed E-state index contributed by atoms with van der Waals surface area (Å²) in [4.78, 5) is 47.4. The molecule has 3 aromatic rings. The van der Waals surface area contributed by atoms with Gasteiger partial charge in [-0.15, -0.1) is 0 Å². The van der Waals surface area contributed by atoms with E-state index in [0.29, 0.717) is 5.56 Å². The van der Waals surface area contributed by atoms with Crippen LogP contribution in [0.25, 0.3) is 11.2 Å². The van der Waals surface area contributed by atoms with Crippen LogP contribution in [0.15, 0.2) is 43.0 Å². The van der Waals surface area contributed by atoms with Crippen molar-refractivity contribution in [2.24, 2.45) is 0 Å². The van der Waals surface area contributed by atoms with E-state index in [1.165, 1.54) is 23.0 Å². The molecule has 2 aromatic heterocycles. The fourth-order valence-electron chi connectivity index (χ4n) is 3.35. The van der Waals surface area contributed by atoms with Gasteiger partial charge in [0.1, 0.15) is 30.2 Å². The Morgan fingerprint density at radius 2 is 1.61 bits per heavy atom. The third-order valence-electron chi connectivity index (χ3n) is 5.03. The first-order valence-corrected chi connectivity index (χ1v) is 14.8. The van der Waals surface area contributed by atoms with Crippen LogP contribution in [0.3, 0.4) is 0 Å². The van der Waals surface area contributed by atoms with Crippen LogP contribution in [0, 0.1) is 0 Å². The summed E-state index contributed by atoms with van der Waals surface area (Å²) >= 11 is 0. The van der Waals surface area contributed by atoms with E-state index >= 15 is 0 Å². The Morgan fingerprint density at radius 3 is 2.29 bits per heavy atom. The number of phosphoric acid groups is 3. The quantitative estimate of drug-likeness (QED) is 0.217. The van der Waals surface area contributed by atoms with Gasteiger partial charge in [-0.25, -0.2) is 23.6 Å². The number of nitrogen functional groups attached to an aromatic ring is 1. The molecule has 7 atom stereocenters. The maximum atomic E-state index is 12.0. The van der Waals surface area contributed by atoms with Crippen LogP contribution < -0.4 is 20.4 Å². The summed E-state index contributed by atoms with van der Waals surface area (Å²) in [5.74, 6) is 0.0310. The van der Waals surface area contributed by atoms with Crippen LogP contribution in [0.4, 0.5) is 5.82 Å². The number of anilines is 1. The molecule has 0 spiro atoms. The van der Waals surface area contributed by atoms with Gasteiger partial charge in [0.25, 0.3) is 23.5 Å². The van der Waals surface area contributed by atoms with E-state index < -0.39 is 61.2 Å². The largest absolute Gasteiger partial charge is 0.756 e. The lowest BCUT2D eigenvalue weighted by Crippen LogP contribution is -2.34. The molecule has 4 unspecified atom stereocenters. The smallest absolute Gasteiger partial charge is 0.280 e. The minimum atomic E-state index is -6.07. The molecule has 4 rings (SSSR count). The number of ether oxygens (including phenoxy) is 1. The molecular weight excluding hydrogens is 575 g/mol. The monoisotopic (exact) mass is 594 g/mol. The molecule has 21 heteroatoms. The number of benzene rings is 1. The number of nitrogens with zero attached hydrogens (tertiary/aromatic N) is 4. The summed E-state index contributed by atoms with van der Waals surface area (Å²) in [6, 6.07) is 7.73. The van der Waals surface area contributed by atoms with Crippen LogP contribution in [0.5, 0.6) is 0 Å². The number of imidazole rings is 1. The fraction of sp³-hybridized carbons (Fsp3) is 0.353. The number of rotatable bonds is 11. The second-order valence-electron chi connectivity index (χ2n) is 7.69. The number of fused-ring (bicyclic) bond motifs is 1. The molecule has 4 N–H and O–H groups in total. The summed E-state index contributed by atoms with van der Waals surface area (Å²) < 4.78 is 58.7. The Kier molecular flexibility index (Phi) is 8.47. The predicted octanol–water partition coefficient (Wildman–Crippen LogP) is -1.30. The van der Waals surface area contributed by atoms with Crippen LogP contribution in [0.1, 0.15) is 11.8 Å². The van der Waals surface area contributed by atoms with Gasteiger partial charge in [-0.1, -0.05) is 30.3 Å². The first-order chi connectivity index (χ1) is 17.8. The summed E-state index contributed by atoms with van der Waals surface area (Å²) in [7, 11) is -17.4. The number of aliphatic hydroxyl groups is 2. The Bertz CT molecular complexity index is 1430. The van der Waals surface area contributed by atoms with E-state index in [2.05, 4.69) is 32.6 Å². The zero-order chi connectivity index (χ0) is 27.7. The van der Waals surface area contributed by atoms with Crippen LogP contribution in [0.2, 0.25) is 0 Å². The Hall–Kier alpha value is -2.14. The Balaban J connectivity index is 1.35. The van der Waals surface area contributed by atoms with E-state index in [0.717, 1.165) is 6.33 Å². The molecule has 208 valence electrons. The number of hydrogen-bond acceptors (Lipinski definition) is 17. The third kappa shape index (κ3) is 6.89. The standard InChI is InChI=1S/C17H22N5O13P3/c18-15-12-16(20-8-19-15)22(9-21-12)17-14(24)13(23)11(33-17)7-32-37(27,28)35-38(29,30)34-36(25,26)31-6-10-4-2-1-3-5-10/h1-5,8-9,11,13-14,17,23-24H,6-7H2,(H,25,26)(H,27,28)(H,29,30)(H2,18,19,20)/p-3/t11-,13?,14+,17-/m1/s1. The van der Waals surface area contributed by atoms with Gasteiger partial charge < -0.3 is 44.4 Å². The minimum absolute atomic E-state index is 0.0310. The molecule has 1 aliphatic rings. The Morgan fingerprint density at radius 1 is 0.947 bits per heavy atom. The van der Waals surface area contributed by atoms with Crippen molar-refractivity contribution in [3.63, 3.8) is 0 Å². The van der Waals surface area contributed by atoms with Gasteiger partial charge in [0, 0.05) is 0 Å². The number of aromatic nitrogens is 4. The van der Waals surface area contributed by atoms with Crippen molar-refractivity contribution in [1.29, 1.82) is 0 Å². The lowest BCUT2D eigenvalue weighted by molar-refractivity contribution is -0.252. The molecule has 3 heterocycles. The summed E-state index contributed by atoms with van der Waals surface area (Å²) in [5.41, 5.74) is 6.36. The average Bonchev–Trinajstić information content (AvgIpc) is 3.38. The lowest BCUT2D eigenvalue weighted by Gasteiger charge is -2.34. The molecule has 18 nitrogen and oxygen atoms in total. The van der Waals surface area contributed by atoms with Gasteiger partial charge in [0.05, 0.1) is 19.5 Å². The van der Waals surface area contributed by atoms with Crippen molar-refractivity contribution in [2.75, 3.05) is 12.3 Å².